The van der Waals surface area contributed by atoms with Gasteiger partial charge in [0.1, 0.15) is 6.61 Å². The van der Waals surface area contributed by atoms with E-state index in [-0.39, 0.29) is 19.1 Å². The Hall–Kier alpha value is -3.64. The summed E-state index contributed by atoms with van der Waals surface area (Å²) in [5, 5.41) is 13.8. The van der Waals surface area contributed by atoms with Crippen molar-refractivity contribution in [3.05, 3.63) is 108 Å². The van der Waals surface area contributed by atoms with Crippen molar-refractivity contribution in [1.82, 2.24) is 10.2 Å². The van der Waals surface area contributed by atoms with Crippen LogP contribution in [0.1, 0.15) is 23.6 Å². The quantitative estimate of drug-likeness (QED) is 0.495. The number of aliphatic hydroxyl groups is 1. The molecule has 0 heterocycles. The molecule has 0 spiro atoms. The number of benzene rings is 3. The molecule has 3 aromatic rings. The van der Waals surface area contributed by atoms with Crippen LogP contribution in [-0.2, 0) is 29.1 Å². The fraction of sp³-hybridized carbons (Fsp3) is 0.259. The third-order valence-corrected chi connectivity index (χ3v) is 5.35. The van der Waals surface area contributed by atoms with Gasteiger partial charge in [-0.15, -0.1) is 0 Å². The zero-order chi connectivity index (χ0) is 23.5. The number of carbonyl (C=O) groups excluding carboxylic acids is 2. The van der Waals surface area contributed by atoms with Gasteiger partial charge < -0.3 is 20.1 Å². The van der Waals surface area contributed by atoms with Gasteiger partial charge in [-0.1, -0.05) is 91.0 Å². The maximum atomic E-state index is 12.5. The summed E-state index contributed by atoms with van der Waals surface area (Å²) in [5.74, 6) is -0.150. The molecule has 172 valence electrons. The third kappa shape index (κ3) is 8.09. The molecule has 0 saturated carbocycles. The van der Waals surface area contributed by atoms with Crippen molar-refractivity contribution in [1.29, 1.82) is 0 Å². The van der Waals surface area contributed by atoms with Crippen LogP contribution in [0.3, 0.4) is 0 Å². The van der Waals surface area contributed by atoms with Gasteiger partial charge in [0.2, 0.25) is 5.91 Å². The molecule has 0 aliphatic rings. The first kappa shape index (κ1) is 24.0. The van der Waals surface area contributed by atoms with E-state index in [1.54, 1.807) is 4.90 Å². The van der Waals surface area contributed by atoms with Crippen LogP contribution in [-0.4, -0.2) is 40.7 Å². The molecule has 6 nitrogen and oxygen atoms in total. The standard InChI is InChI=1S/C27H30N2O4/c1-21(30)29(18-23-13-7-3-8-14-23)19-26(31)25(17-22-11-5-2-6-12-22)28-27(32)33-20-24-15-9-4-10-16-24/h2-16,25-26,31H,17-20H2,1H3,(H,28,32)/t25-,26-/m0/s1. The molecule has 3 aromatic carbocycles. The van der Waals surface area contributed by atoms with E-state index < -0.39 is 18.2 Å². The third-order valence-electron chi connectivity index (χ3n) is 5.35. The van der Waals surface area contributed by atoms with Gasteiger partial charge in [0.25, 0.3) is 0 Å². The van der Waals surface area contributed by atoms with Crippen LogP contribution in [0.4, 0.5) is 4.79 Å². The molecule has 33 heavy (non-hydrogen) atoms. The summed E-state index contributed by atoms with van der Waals surface area (Å²) in [7, 11) is 0. The van der Waals surface area contributed by atoms with E-state index in [1.165, 1.54) is 6.92 Å². The minimum atomic E-state index is -0.984. The summed E-state index contributed by atoms with van der Waals surface area (Å²) in [6.45, 7) is 2.07. The monoisotopic (exact) mass is 446 g/mol. The van der Waals surface area contributed by atoms with Gasteiger partial charge >= 0.3 is 6.09 Å². The molecule has 0 aromatic heterocycles. The van der Waals surface area contributed by atoms with E-state index in [9.17, 15) is 14.7 Å². The highest BCUT2D eigenvalue weighted by Gasteiger charge is 2.26. The number of carbonyl (C=O) groups is 2. The molecule has 0 aliphatic carbocycles. The van der Waals surface area contributed by atoms with Crippen molar-refractivity contribution in [2.45, 2.75) is 38.6 Å². The van der Waals surface area contributed by atoms with Gasteiger partial charge in [-0.25, -0.2) is 4.79 Å². The van der Waals surface area contributed by atoms with E-state index in [0.29, 0.717) is 13.0 Å². The van der Waals surface area contributed by atoms with Crippen molar-refractivity contribution < 1.29 is 19.4 Å². The zero-order valence-electron chi connectivity index (χ0n) is 18.8. The van der Waals surface area contributed by atoms with Crippen LogP contribution >= 0.6 is 0 Å². The summed E-state index contributed by atoms with van der Waals surface area (Å²) in [6, 6.07) is 28.0. The smallest absolute Gasteiger partial charge is 0.407 e. The molecule has 0 unspecified atom stereocenters. The molecule has 0 bridgehead atoms. The number of alkyl carbamates (subject to hydrolysis) is 1. The number of hydrogen-bond donors (Lipinski definition) is 2. The highest BCUT2D eigenvalue weighted by molar-refractivity contribution is 5.73. The van der Waals surface area contributed by atoms with Gasteiger partial charge in [-0.2, -0.15) is 0 Å². The van der Waals surface area contributed by atoms with Crippen molar-refractivity contribution in [3.8, 4) is 0 Å². The molecule has 0 saturated heterocycles. The molecule has 2 atom stereocenters. The van der Waals surface area contributed by atoms with Gasteiger partial charge in [-0.3, -0.25) is 4.79 Å². The molecule has 2 N–H and O–H groups in total. The second kappa shape index (κ2) is 12.4. The number of amides is 2. The van der Waals surface area contributed by atoms with Crippen LogP contribution in [0.2, 0.25) is 0 Å². The van der Waals surface area contributed by atoms with Crippen LogP contribution < -0.4 is 5.32 Å². The van der Waals surface area contributed by atoms with Gasteiger partial charge in [0, 0.05) is 20.0 Å². The molecule has 0 fully saturated rings. The molecule has 0 radical (unpaired) electrons. The van der Waals surface area contributed by atoms with Gasteiger partial charge in [0.05, 0.1) is 12.1 Å². The van der Waals surface area contributed by atoms with Crippen LogP contribution in [0.15, 0.2) is 91.0 Å². The zero-order valence-corrected chi connectivity index (χ0v) is 18.8. The topological polar surface area (TPSA) is 78.9 Å². The van der Waals surface area contributed by atoms with Gasteiger partial charge in [0.15, 0.2) is 0 Å². The highest BCUT2D eigenvalue weighted by atomic mass is 16.5. The number of nitrogens with zero attached hydrogens (tertiary/aromatic N) is 1. The van der Waals surface area contributed by atoms with Crippen molar-refractivity contribution in [2.24, 2.45) is 0 Å². The summed E-state index contributed by atoms with van der Waals surface area (Å²) >= 11 is 0. The lowest BCUT2D eigenvalue weighted by molar-refractivity contribution is -0.131. The summed E-state index contributed by atoms with van der Waals surface area (Å²) < 4.78 is 5.35. The van der Waals surface area contributed by atoms with Crippen molar-refractivity contribution in [2.75, 3.05) is 6.54 Å². The molecular weight excluding hydrogens is 416 g/mol. The summed E-state index contributed by atoms with van der Waals surface area (Å²) in [6.07, 6.45) is -1.20. The predicted molar refractivity (Wildman–Crippen MR) is 127 cm³/mol. The molecule has 3 rings (SSSR count). The molecule has 0 aliphatic heterocycles. The normalized spacial score (nSPS) is 12.4. The van der Waals surface area contributed by atoms with E-state index >= 15 is 0 Å². The SMILES string of the molecule is CC(=O)N(Cc1ccccc1)C[C@H](O)[C@H](Cc1ccccc1)NC(=O)OCc1ccccc1. The summed E-state index contributed by atoms with van der Waals surface area (Å²) in [4.78, 5) is 26.3. The molecular formula is C27H30N2O4. The lowest BCUT2D eigenvalue weighted by Gasteiger charge is -2.29. The Bertz CT molecular complexity index is 996. The fourth-order valence-corrected chi connectivity index (χ4v) is 3.53. The Morgan fingerprint density at radius 1 is 0.848 bits per heavy atom. The van der Waals surface area contributed by atoms with Gasteiger partial charge in [-0.05, 0) is 23.1 Å². The van der Waals surface area contributed by atoms with Crippen LogP contribution in [0, 0.1) is 0 Å². The number of ether oxygens (including phenoxy) is 1. The first-order valence-electron chi connectivity index (χ1n) is 11.0. The number of aliphatic hydroxyl groups excluding tert-OH is 1. The van der Waals surface area contributed by atoms with Crippen LogP contribution in [0.5, 0.6) is 0 Å². The maximum Gasteiger partial charge on any atom is 0.407 e. The van der Waals surface area contributed by atoms with E-state index in [4.69, 9.17) is 4.74 Å². The van der Waals surface area contributed by atoms with Crippen LogP contribution in [0.25, 0.3) is 0 Å². The summed E-state index contributed by atoms with van der Waals surface area (Å²) in [5.41, 5.74) is 2.80. The van der Waals surface area contributed by atoms with E-state index in [0.717, 1.165) is 16.7 Å². The fourth-order valence-electron chi connectivity index (χ4n) is 3.53. The van der Waals surface area contributed by atoms with E-state index in [1.807, 2.05) is 91.0 Å². The average molecular weight is 447 g/mol. The Morgan fingerprint density at radius 3 is 1.91 bits per heavy atom. The first-order valence-corrected chi connectivity index (χ1v) is 11.0. The average Bonchev–Trinajstić information content (AvgIpc) is 2.84. The number of nitrogens with one attached hydrogen (secondary N) is 1. The lowest BCUT2D eigenvalue weighted by Crippen LogP contribution is -2.50. The number of hydrogen-bond acceptors (Lipinski definition) is 4. The first-order chi connectivity index (χ1) is 16.0. The second-order valence-electron chi connectivity index (χ2n) is 7.95. The Morgan fingerprint density at radius 2 is 1.36 bits per heavy atom. The van der Waals surface area contributed by atoms with Crippen molar-refractivity contribution >= 4 is 12.0 Å². The maximum absolute atomic E-state index is 12.5. The molecule has 6 heteroatoms. The largest absolute Gasteiger partial charge is 0.445 e. The predicted octanol–water partition coefficient (Wildman–Crippen LogP) is 3.93. The lowest BCUT2D eigenvalue weighted by atomic mass is 10.0. The second-order valence-corrected chi connectivity index (χ2v) is 7.95. The Balaban J connectivity index is 1.67. The van der Waals surface area contributed by atoms with E-state index in [2.05, 4.69) is 5.32 Å². The Labute approximate surface area is 194 Å². The number of rotatable bonds is 10. The minimum absolute atomic E-state index is 0.0840. The Kier molecular flexibility index (Phi) is 9.03. The molecule has 2 amide bonds. The minimum Gasteiger partial charge on any atom is -0.445 e. The van der Waals surface area contributed by atoms with Crippen molar-refractivity contribution in [3.63, 3.8) is 0 Å². The highest BCUT2D eigenvalue weighted by Crippen LogP contribution is 2.12.